The zero-order valence-corrected chi connectivity index (χ0v) is 29.9. The van der Waals surface area contributed by atoms with E-state index in [2.05, 4.69) is 72.4 Å². The SMILES string of the molecule is Cc1cc(C)cc(C2Nc3sc(C(C)(C)C(=O)N4C5CCC4CC5)cc3C2CCN2CCC(CNC(=O)N3CCSCC3)CC2)c1. The van der Waals surface area contributed by atoms with Gasteiger partial charge in [0.15, 0.2) is 0 Å². The van der Waals surface area contributed by atoms with Crippen molar-refractivity contribution in [3.05, 3.63) is 51.4 Å². The maximum atomic E-state index is 14.0. The van der Waals surface area contributed by atoms with E-state index in [1.54, 1.807) is 0 Å². The fourth-order valence-corrected chi connectivity index (χ4v) is 11.0. The minimum Gasteiger partial charge on any atom is -0.369 e. The van der Waals surface area contributed by atoms with Crippen molar-refractivity contribution in [3.8, 4) is 0 Å². The summed E-state index contributed by atoms with van der Waals surface area (Å²) in [6.45, 7) is 14.5. The van der Waals surface area contributed by atoms with E-state index in [-0.39, 0.29) is 12.1 Å². The number of benzene rings is 1. The van der Waals surface area contributed by atoms with Crippen LogP contribution in [0.15, 0.2) is 24.3 Å². The molecule has 250 valence electrons. The van der Waals surface area contributed by atoms with Gasteiger partial charge in [-0.1, -0.05) is 29.3 Å². The van der Waals surface area contributed by atoms with Crippen molar-refractivity contribution in [1.29, 1.82) is 0 Å². The number of nitrogens with one attached hydrogen (secondary N) is 2. The lowest BCUT2D eigenvalue weighted by atomic mass is 9.84. The third kappa shape index (κ3) is 6.45. The summed E-state index contributed by atoms with van der Waals surface area (Å²) in [5.74, 6) is 3.36. The molecule has 9 heteroatoms. The van der Waals surface area contributed by atoms with Gasteiger partial charge in [-0.15, -0.1) is 11.3 Å². The molecule has 6 heterocycles. The van der Waals surface area contributed by atoms with Crippen molar-refractivity contribution in [3.63, 3.8) is 0 Å². The van der Waals surface area contributed by atoms with Crippen molar-refractivity contribution < 1.29 is 9.59 Å². The molecule has 7 nitrogen and oxygen atoms in total. The van der Waals surface area contributed by atoms with E-state index in [1.165, 1.54) is 57.8 Å². The normalized spacial score (nSPS) is 26.8. The first-order valence-corrected chi connectivity index (χ1v) is 19.8. The molecule has 7 rings (SSSR count). The van der Waals surface area contributed by atoms with Crippen LogP contribution in [0.25, 0.3) is 0 Å². The minimum atomic E-state index is -0.508. The number of carbonyl (C=O) groups excluding carboxylic acids is 2. The number of hydrogen-bond donors (Lipinski definition) is 2. The average Bonchev–Trinajstić information content (AvgIpc) is 3.83. The Morgan fingerprint density at radius 3 is 2.22 bits per heavy atom. The predicted molar refractivity (Wildman–Crippen MR) is 191 cm³/mol. The zero-order chi connectivity index (χ0) is 32.0. The summed E-state index contributed by atoms with van der Waals surface area (Å²) in [7, 11) is 0. The van der Waals surface area contributed by atoms with Gasteiger partial charge in [0.25, 0.3) is 0 Å². The highest BCUT2D eigenvalue weighted by Crippen LogP contribution is 2.53. The maximum Gasteiger partial charge on any atom is 0.317 e. The van der Waals surface area contributed by atoms with E-state index >= 15 is 0 Å². The van der Waals surface area contributed by atoms with Crippen LogP contribution >= 0.6 is 23.1 Å². The fraction of sp³-hybridized carbons (Fsp3) is 0.676. The van der Waals surface area contributed by atoms with E-state index in [9.17, 15) is 9.59 Å². The second-order valence-corrected chi connectivity index (χ2v) is 17.5. The first-order chi connectivity index (χ1) is 22.2. The Hall–Kier alpha value is -2.23. The topological polar surface area (TPSA) is 67.9 Å². The van der Waals surface area contributed by atoms with Crippen LogP contribution in [0.4, 0.5) is 9.80 Å². The van der Waals surface area contributed by atoms with Crippen molar-refractivity contribution >= 4 is 40.0 Å². The number of urea groups is 1. The summed E-state index contributed by atoms with van der Waals surface area (Å²) in [6.07, 6.45) is 8.09. The number of thiophene rings is 1. The Balaban J connectivity index is 1.02. The molecule has 2 atom stereocenters. The van der Waals surface area contributed by atoms with Gasteiger partial charge in [-0.3, -0.25) is 4.79 Å². The van der Waals surface area contributed by atoms with Crippen LogP contribution in [0.1, 0.15) is 97.9 Å². The van der Waals surface area contributed by atoms with Crippen molar-refractivity contribution in [2.75, 3.05) is 56.1 Å². The van der Waals surface area contributed by atoms with Crippen molar-refractivity contribution in [1.82, 2.24) is 20.0 Å². The van der Waals surface area contributed by atoms with Crippen LogP contribution in [0.2, 0.25) is 0 Å². The molecule has 5 aliphatic rings. The van der Waals surface area contributed by atoms with Crippen molar-refractivity contribution in [2.45, 2.75) is 102 Å². The van der Waals surface area contributed by atoms with Crippen LogP contribution < -0.4 is 10.6 Å². The molecule has 0 radical (unpaired) electrons. The van der Waals surface area contributed by atoms with Crippen LogP contribution in [0, 0.1) is 19.8 Å². The third-order valence-electron chi connectivity index (χ3n) is 11.6. The summed E-state index contributed by atoms with van der Waals surface area (Å²) < 4.78 is 0. The Labute approximate surface area is 284 Å². The third-order valence-corrected chi connectivity index (χ3v) is 13.9. The molecule has 3 amide bonds. The molecule has 2 N–H and O–H groups in total. The van der Waals surface area contributed by atoms with Gasteiger partial charge in [-0.2, -0.15) is 11.8 Å². The molecule has 0 spiro atoms. The first kappa shape index (κ1) is 32.3. The monoisotopic (exact) mass is 663 g/mol. The number of carbonyl (C=O) groups is 2. The molecule has 46 heavy (non-hydrogen) atoms. The lowest BCUT2D eigenvalue weighted by molar-refractivity contribution is -0.137. The predicted octanol–water partition coefficient (Wildman–Crippen LogP) is 6.91. The minimum absolute atomic E-state index is 0.123. The Bertz CT molecular complexity index is 1390. The molecule has 0 saturated carbocycles. The molecule has 5 aliphatic heterocycles. The van der Waals surface area contributed by atoms with E-state index in [1.807, 2.05) is 28.0 Å². The fourth-order valence-electron chi connectivity index (χ4n) is 8.87. The van der Waals surface area contributed by atoms with Crippen molar-refractivity contribution in [2.24, 2.45) is 5.92 Å². The summed E-state index contributed by atoms with van der Waals surface area (Å²) in [6, 6.07) is 10.7. The standard InChI is InChI=1S/C37H53N5O2S2/c1-24-19-25(2)21-27(20-24)33-30(11-14-40-12-9-26(10-13-40)23-38-36(44)41-15-17-45-18-16-41)31-22-32(46-34(31)39-33)37(3,4)35(43)42-28-5-6-29(42)8-7-28/h19-22,26,28-30,33,39H,5-18,23H2,1-4H3,(H,38,44). The molecule has 2 unspecified atom stereocenters. The molecule has 4 saturated heterocycles. The Kier molecular flexibility index (Phi) is 9.38. The van der Waals surface area contributed by atoms with Crippen LogP contribution in [-0.4, -0.2) is 89.5 Å². The van der Waals surface area contributed by atoms with Gasteiger partial charge >= 0.3 is 6.03 Å². The van der Waals surface area contributed by atoms with Crippen LogP contribution in [0.3, 0.4) is 0 Å². The highest BCUT2D eigenvalue weighted by Gasteiger charge is 2.48. The second kappa shape index (κ2) is 13.3. The summed E-state index contributed by atoms with van der Waals surface area (Å²) in [5, 5.41) is 8.46. The van der Waals surface area contributed by atoms with Gasteiger partial charge in [0.05, 0.1) is 16.5 Å². The molecule has 4 fully saturated rings. The lowest BCUT2D eigenvalue weighted by Gasteiger charge is -2.34. The first-order valence-electron chi connectivity index (χ1n) is 17.8. The molecule has 1 aromatic carbocycles. The molecule has 1 aromatic heterocycles. The lowest BCUT2D eigenvalue weighted by Crippen LogP contribution is -2.46. The Morgan fingerprint density at radius 1 is 0.913 bits per heavy atom. The number of likely N-dealkylation sites (tertiary alicyclic amines) is 1. The van der Waals surface area contributed by atoms with E-state index in [0.717, 1.165) is 70.0 Å². The van der Waals surface area contributed by atoms with Crippen LogP contribution in [-0.2, 0) is 10.2 Å². The summed E-state index contributed by atoms with van der Waals surface area (Å²) in [4.78, 5) is 34.7. The largest absolute Gasteiger partial charge is 0.369 e. The molecule has 2 aromatic rings. The van der Waals surface area contributed by atoms with Gasteiger partial charge in [-0.05, 0) is 115 Å². The summed E-state index contributed by atoms with van der Waals surface area (Å²) >= 11 is 3.75. The summed E-state index contributed by atoms with van der Waals surface area (Å²) in [5.41, 5.74) is 4.89. The smallest absolute Gasteiger partial charge is 0.317 e. The van der Waals surface area contributed by atoms with Gasteiger partial charge in [0.2, 0.25) is 5.91 Å². The number of amides is 3. The average molecular weight is 664 g/mol. The number of hydrogen-bond acceptors (Lipinski definition) is 6. The number of nitrogens with zero attached hydrogens (tertiary/aromatic N) is 3. The second-order valence-electron chi connectivity index (χ2n) is 15.2. The van der Waals surface area contributed by atoms with Crippen LogP contribution in [0.5, 0.6) is 0 Å². The maximum absolute atomic E-state index is 14.0. The number of thioether (sulfide) groups is 1. The number of piperidine rings is 1. The number of anilines is 1. The van der Waals surface area contributed by atoms with Gasteiger partial charge < -0.3 is 25.3 Å². The van der Waals surface area contributed by atoms with E-state index in [4.69, 9.17) is 0 Å². The van der Waals surface area contributed by atoms with Gasteiger partial charge in [0, 0.05) is 54.0 Å². The Morgan fingerprint density at radius 2 is 1.57 bits per heavy atom. The molecular formula is C37H53N5O2S2. The highest BCUT2D eigenvalue weighted by molar-refractivity contribution is 7.99. The number of fused-ring (bicyclic) bond motifs is 3. The zero-order valence-electron chi connectivity index (χ0n) is 28.3. The van der Waals surface area contributed by atoms with Gasteiger partial charge in [0.1, 0.15) is 0 Å². The quantitative estimate of drug-likeness (QED) is 0.322. The van der Waals surface area contributed by atoms with E-state index < -0.39 is 5.41 Å². The molecule has 0 aliphatic carbocycles. The van der Waals surface area contributed by atoms with E-state index in [0.29, 0.717) is 29.8 Å². The molecule has 2 bridgehead atoms. The van der Waals surface area contributed by atoms with Gasteiger partial charge in [-0.25, -0.2) is 4.79 Å². The number of aryl methyl sites for hydroxylation is 2. The highest BCUT2D eigenvalue weighted by atomic mass is 32.2. The number of rotatable bonds is 8. The molecular weight excluding hydrogens is 611 g/mol.